The van der Waals surface area contributed by atoms with Crippen molar-refractivity contribution >= 4 is 35.1 Å². The standard InChI is InChI=1S/C26H16Cl2O4/c27-23-7-3-1-5-21(23)25(29)31-19-13-9-17(10-14-19)18-11-15-20(16-12-18)32-26(30)22-6-2-4-8-24(22)28/h1-16H. The van der Waals surface area contributed by atoms with Crippen molar-refractivity contribution in [2.45, 2.75) is 0 Å². The number of hydrogen-bond donors (Lipinski definition) is 0. The number of carbonyl (C=O) groups excluding carboxylic acids is 2. The Morgan fingerprint density at radius 1 is 0.500 bits per heavy atom. The summed E-state index contributed by atoms with van der Waals surface area (Å²) in [5.41, 5.74) is 2.43. The molecule has 0 saturated heterocycles. The van der Waals surface area contributed by atoms with Crippen molar-refractivity contribution in [2.24, 2.45) is 0 Å². The van der Waals surface area contributed by atoms with Crippen LogP contribution in [0.25, 0.3) is 11.1 Å². The third kappa shape index (κ3) is 4.99. The quantitative estimate of drug-likeness (QED) is 0.234. The Kier molecular flexibility index (Phi) is 6.55. The molecule has 0 atom stereocenters. The van der Waals surface area contributed by atoms with Gasteiger partial charge in [0.05, 0.1) is 21.2 Å². The summed E-state index contributed by atoms with van der Waals surface area (Å²) in [6.45, 7) is 0. The first-order chi connectivity index (χ1) is 15.5. The van der Waals surface area contributed by atoms with Gasteiger partial charge in [0.15, 0.2) is 0 Å². The molecule has 0 aliphatic carbocycles. The molecule has 0 bridgehead atoms. The van der Waals surface area contributed by atoms with Crippen molar-refractivity contribution in [3.63, 3.8) is 0 Å². The van der Waals surface area contributed by atoms with Crippen LogP contribution in [0.15, 0.2) is 97.1 Å². The van der Waals surface area contributed by atoms with E-state index in [1.807, 2.05) is 24.3 Å². The molecule has 0 radical (unpaired) electrons. The first kappa shape index (κ1) is 21.6. The lowest BCUT2D eigenvalue weighted by atomic mass is 10.1. The predicted octanol–water partition coefficient (Wildman–Crippen LogP) is 7.10. The molecule has 0 N–H and O–H groups in total. The molecule has 0 aliphatic heterocycles. The molecule has 158 valence electrons. The third-order valence-corrected chi connectivity index (χ3v) is 5.31. The fraction of sp³-hybridized carbons (Fsp3) is 0. The predicted molar refractivity (Wildman–Crippen MR) is 125 cm³/mol. The van der Waals surface area contributed by atoms with Crippen LogP contribution in [0, 0.1) is 0 Å². The maximum atomic E-state index is 12.3. The molecule has 6 heteroatoms. The number of ether oxygens (including phenoxy) is 2. The third-order valence-electron chi connectivity index (χ3n) is 4.65. The minimum absolute atomic E-state index is 0.306. The Balaban J connectivity index is 1.42. The molecule has 0 unspecified atom stereocenters. The van der Waals surface area contributed by atoms with Crippen molar-refractivity contribution < 1.29 is 19.1 Å². The van der Waals surface area contributed by atoms with Gasteiger partial charge in [0.2, 0.25) is 0 Å². The number of carbonyl (C=O) groups is 2. The highest BCUT2D eigenvalue weighted by atomic mass is 35.5. The fourth-order valence-electron chi connectivity index (χ4n) is 3.01. The number of halogens is 2. The van der Waals surface area contributed by atoms with Crippen LogP contribution >= 0.6 is 23.2 Å². The molecule has 0 saturated carbocycles. The molecule has 0 aromatic heterocycles. The highest BCUT2D eigenvalue weighted by Gasteiger charge is 2.13. The van der Waals surface area contributed by atoms with Crippen LogP contribution in [0.2, 0.25) is 10.0 Å². The normalized spacial score (nSPS) is 10.4. The molecule has 0 heterocycles. The molecule has 4 aromatic rings. The average molecular weight is 463 g/mol. The van der Waals surface area contributed by atoms with E-state index in [0.29, 0.717) is 32.7 Å². The van der Waals surface area contributed by atoms with Gasteiger partial charge in [-0.3, -0.25) is 0 Å². The van der Waals surface area contributed by atoms with Crippen LogP contribution in [0.5, 0.6) is 11.5 Å². The summed E-state index contributed by atoms with van der Waals surface area (Å²) < 4.78 is 10.8. The van der Waals surface area contributed by atoms with E-state index >= 15 is 0 Å². The molecule has 32 heavy (non-hydrogen) atoms. The monoisotopic (exact) mass is 462 g/mol. The van der Waals surface area contributed by atoms with Crippen LogP contribution in [-0.4, -0.2) is 11.9 Å². The molecule has 4 rings (SSSR count). The van der Waals surface area contributed by atoms with Gasteiger partial charge in [0.1, 0.15) is 11.5 Å². The van der Waals surface area contributed by atoms with E-state index in [1.54, 1.807) is 72.8 Å². The van der Waals surface area contributed by atoms with Gasteiger partial charge in [0, 0.05) is 0 Å². The Morgan fingerprint density at radius 2 is 0.844 bits per heavy atom. The van der Waals surface area contributed by atoms with Gasteiger partial charge in [0.25, 0.3) is 0 Å². The number of rotatable bonds is 5. The van der Waals surface area contributed by atoms with Crippen LogP contribution in [0.1, 0.15) is 20.7 Å². The summed E-state index contributed by atoms with van der Waals surface area (Å²) in [5, 5.41) is 0.675. The molecule has 0 amide bonds. The SMILES string of the molecule is O=C(Oc1ccc(-c2ccc(OC(=O)c3ccccc3Cl)cc2)cc1)c1ccccc1Cl. The van der Waals surface area contributed by atoms with Crippen LogP contribution < -0.4 is 9.47 Å². The van der Waals surface area contributed by atoms with Gasteiger partial charge in [-0.05, 0) is 59.7 Å². The van der Waals surface area contributed by atoms with Gasteiger partial charge in [-0.25, -0.2) is 9.59 Å². The van der Waals surface area contributed by atoms with E-state index in [1.165, 1.54) is 0 Å². The lowest BCUT2D eigenvalue weighted by molar-refractivity contribution is 0.0725. The van der Waals surface area contributed by atoms with Crippen molar-refractivity contribution in [3.8, 4) is 22.6 Å². The van der Waals surface area contributed by atoms with E-state index in [0.717, 1.165) is 11.1 Å². The first-order valence-electron chi connectivity index (χ1n) is 9.65. The second-order valence-electron chi connectivity index (χ2n) is 6.79. The molecular weight excluding hydrogens is 447 g/mol. The fourth-order valence-corrected chi connectivity index (χ4v) is 3.43. The minimum Gasteiger partial charge on any atom is -0.423 e. The van der Waals surface area contributed by atoms with Crippen molar-refractivity contribution in [1.29, 1.82) is 0 Å². The first-order valence-corrected chi connectivity index (χ1v) is 10.4. The van der Waals surface area contributed by atoms with Gasteiger partial charge < -0.3 is 9.47 Å². The lowest BCUT2D eigenvalue weighted by Gasteiger charge is -2.08. The minimum atomic E-state index is -0.520. The van der Waals surface area contributed by atoms with Gasteiger partial charge >= 0.3 is 11.9 Å². The zero-order chi connectivity index (χ0) is 22.5. The Morgan fingerprint density at radius 3 is 1.19 bits per heavy atom. The maximum absolute atomic E-state index is 12.3. The van der Waals surface area contributed by atoms with Gasteiger partial charge in [-0.15, -0.1) is 0 Å². The van der Waals surface area contributed by atoms with Crippen molar-refractivity contribution in [1.82, 2.24) is 0 Å². The summed E-state index contributed by atoms with van der Waals surface area (Å²) in [4.78, 5) is 24.6. The highest BCUT2D eigenvalue weighted by molar-refractivity contribution is 6.34. The smallest absolute Gasteiger partial charge is 0.345 e. The molecule has 0 aliphatic rings. The summed E-state index contributed by atoms with van der Waals surface area (Å²) >= 11 is 12.1. The van der Waals surface area contributed by atoms with E-state index in [-0.39, 0.29) is 0 Å². The molecule has 4 aromatic carbocycles. The topological polar surface area (TPSA) is 52.6 Å². The lowest BCUT2D eigenvalue weighted by Crippen LogP contribution is -2.09. The van der Waals surface area contributed by atoms with Gasteiger partial charge in [-0.2, -0.15) is 0 Å². The van der Waals surface area contributed by atoms with Gasteiger partial charge in [-0.1, -0.05) is 71.7 Å². The molecule has 0 fully saturated rings. The van der Waals surface area contributed by atoms with Crippen LogP contribution in [-0.2, 0) is 0 Å². The number of hydrogen-bond acceptors (Lipinski definition) is 4. The summed E-state index contributed by atoms with van der Waals surface area (Å²) in [6.07, 6.45) is 0. The van der Waals surface area contributed by atoms with Crippen LogP contribution in [0.3, 0.4) is 0 Å². The Hall–Kier alpha value is -3.60. The Bertz CT molecular complexity index is 1160. The van der Waals surface area contributed by atoms with Crippen molar-refractivity contribution in [2.75, 3.05) is 0 Å². The summed E-state index contributed by atoms with van der Waals surface area (Å²) in [5.74, 6) is -0.228. The molecule has 0 spiro atoms. The average Bonchev–Trinajstić information content (AvgIpc) is 2.80. The maximum Gasteiger partial charge on any atom is 0.345 e. The van der Waals surface area contributed by atoms with Crippen molar-refractivity contribution in [3.05, 3.63) is 118 Å². The summed E-state index contributed by atoms with van der Waals surface area (Å²) in [7, 11) is 0. The van der Waals surface area contributed by atoms with E-state index in [2.05, 4.69) is 0 Å². The van der Waals surface area contributed by atoms with Crippen LogP contribution in [0.4, 0.5) is 0 Å². The van der Waals surface area contributed by atoms with E-state index in [4.69, 9.17) is 32.7 Å². The van der Waals surface area contributed by atoms with E-state index < -0.39 is 11.9 Å². The highest BCUT2D eigenvalue weighted by Crippen LogP contribution is 2.26. The summed E-state index contributed by atoms with van der Waals surface area (Å²) in [6, 6.07) is 27.6. The number of esters is 2. The molecular formula is C26H16Cl2O4. The Labute approximate surface area is 194 Å². The zero-order valence-electron chi connectivity index (χ0n) is 16.6. The number of benzene rings is 4. The largest absolute Gasteiger partial charge is 0.423 e. The molecule has 4 nitrogen and oxygen atoms in total. The zero-order valence-corrected chi connectivity index (χ0v) is 18.1. The van der Waals surface area contributed by atoms with E-state index in [9.17, 15) is 9.59 Å². The second-order valence-corrected chi connectivity index (χ2v) is 7.60. The second kappa shape index (κ2) is 9.69.